The third-order valence-corrected chi connectivity index (χ3v) is 3.75. The Morgan fingerprint density at radius 1 is 1.13 bits per heavy atom. The first-order chi connectivity index (χ1) is 11.1. The fourth-order valence-electron chi connectivity index (χ4n) is 2.50. The molecule has 1 amide bonds. The van der Waals surface area contributed by atoms with Gasteiger partial charge in [0, 0.05) is 18.2 Å². The Morgan fingerprint density at radius 2 is 1.87 bits per heavy atom. The highest BCUT2D eigenvalue weighted by molar-refractivity contribution is 5.95. The Balaban J connectivity index is 1.78. The number of benzene rings is 2. The molecular weight excluding hydrogens is 300 g/mol. The predicted octanol–water partition coefficient (Wildman–Crippen LogP) is 4.09. The van der Waals surface area contributed by atoms with Gasteiger partial charge in [0.05, 0.1) is 0 Å². The van der Waals surface area contributed by atoms with Gasteiger partial charge in [0.15, 0.2) is 0 Å². The molecule has 0 spiro atoms. The molecule has 5 heteroatoms. The van der Waals surface area contributed by atoms with Gasteiger partial charge in [-0.3, -0.25) is 4.79 Å². The monoisotopic (exact) mass is 317 g/mol. The maximum atomic E-state index is 12.8. The van der Waals surface area contributed by atoms with Gasteiger partial charge in [-0.15, -0.1) is 0 Å². The number of nitrogens with zero attached hydrogens (tertiary/aromatic N) is 1. The van der Waals surface area contributed by atoms with Crippen LogP contribution in [-0.2, 0) is 6.54 Å². The number of hydrogen-bond donors (Lipinski definition) is 0. The second kappa shape index (κ2) is 6.77. The van der Waals surface area contributed by atoms with Crippen LogP contribution in [0.2, 0.25) is 0 Å². The zero-order valence-corrected chi connectivity index (χ0v) is 12.5. The van der Waals surface area contributed by atoms with E-state index in [2.05, 4.69) is 4.74 Å². The van der Waals surface area contributed by atoms with Crippen LogP contribution in [0, 0.1) is 0 Å². The summed E-state index contributed by atoms with van der Waals surface area (Å²) in [6.45, 7) is -2.38. The molecule has 0 aromatic heterocycles. The number of alkyl halides is 2. The zero-order valence-electron chi connectivity index (χ0n) is 12.5. The van der Waals surface area contributed by atoms with Crippen molar-refractivity contribution < 1.29 is 18.3 Å². The van der Waals surface area contributed by atoms with E-state index in [0.717, 1.165) is 18.4 Å². The minimum atomic E-state index is -2.90. The standard InChI is InChI=1S/C18H17F2NO2/c19-18(20)23-16-8-4-7-14(11-16)17(22)21(15-9-10-15)12-13-5-2-1-3-6-13/h1-8,11,15,18H,9-10,12H2. The number of rotatable bonds is 6. The molecule has 3 rings (SSSR count). The van der Waals surface area contributed by atoms with E-state index in [4.69, 9.17) is 0 Å². The molecule has 1 aliphatic carbocycles. The molecule has 2 aromatic carbocycles. The van der Waals surface area contributed by atoms with Crippen molar-refractivity contribution in [3.63, 3.8) is 0 Å². The van der Waals surface area contributed by atoms with Crippen LogP contribution in [0.25, 0.3) is 0 Å². The molecule has 1 fully saturated rings. The Hall–Kier alpha value is -2.43. The summed E-state index contributed by atoms with van der Waals surface area (Å²) in [6, 6.07) is 15.9. The van der Waals surface area contributed by atoms with E-state index in [1.807, 2.05) is 30.3 Å². The summed E-state index contributed by atoms with van der Waals surface area (Å²) in [5.74, 6) is -0.155. The van der Waals surface area contributed by atoms with E-state index in [1.165, 1.54) is 12.1 Å². The van der Waals surface area contributed by atoms with Gasteiger partial charge >= 0.3 is 6.61 Å². The van der Waals surface area contributed by atoms with Gasteiger partial charge in [0.1, 0.15) is 5.75 Å². The minimum Gasteiger partial charge on any atom is -0.435 e. The molecule has 120 valence electrons. The van der Waals surface area contributed by atoms with E-state index >= 15 is 0 Å². The summed E-state index contributed by atoms with van der Waals surface area (Å²) in [7, 11) is 0. The molecule has 0 heterocycles. The summed E-state index contributed by atoms with van der Waals surface area (Å²) >= 11 is 0. The average molecular weight is 317 g/mol. The van der Waals surface area contributed by atoms with Crippen molar-refractivity contribution in [3.8, 4) is 5.75 Å². The van der Waals surface area contributed by atoms with Gasteiger partial charge in [-0.05, 0) is 36.6 Å². The number of ether oxygens (including phenoxy) is 1. The highest BCUT2D eigenvalue weighted by Crippen LogP contribution is 2.30. The molecule has 23 heavy (non-hydrogen) atoms. The second-order valence-corrected chi connectivity index (χ2v) is 5.56. The highest BCUT2D eigenvalue weighted by Gasteiger charge is 2.33. The predicted molar refractivity (Wildman–Crippen MR) is 82.4 cm³/mol. The van der Waals surface area contributed by atoms with Crippen LogP contribution in [-0.4, -0.2) is 23.5 Å². The van der Waals surface area contributed by atoms with Crippen molar-refractivity contribution in [3.05, 3.63) is 65.7 Å². The lowest BCUT2D eigenvalue weighted by atomic mass is 10.1. The average Bonchev–Trinajstić information content (AvgIpc) is 3.37. The number of carbonyl (C=O) groups is 1. The topological polar surface area (TPSA) is 29.5 Å². The van der Waals surface area contributed by atoms with Crippen molar-refractivity contribution in [2.24, 2.45) is 0 Å². The van der Waals surface area contributed by atoms with Gasteiger partial charge in [0.25, 0.3) is 5.91 Å². The van der Waals surface area contributed by atoms with Gasteiger partial charge in [-0.1, -0.05) is 36.4 Å². The van der Waals surface area contributed by atoms with E-state index in [1.54, 1.807) is 17.0 Å². The molecule has 1 aliphatic rings. The minimum absolute atomic E-state index is 0.00121. The first kappa shape index (κ1) is 15.5. The SMILES string of the molecule is O=C(c1cccc(OC(F)F)c1)N(Cc1ccccc1)C1CC1. The number of amides is 1. The summed E-state index contributed by atoms with van der Waals surface area (Å²) in [5.41, 5.74) is 1.42. The molecular formula is C18H17F2NO2. The lowest BCUT2D eigenvalue weighted by Gasteiger charge is -2.23. The molecule has 0 unspecified atom stereocenters. The van der Waals surface area contributed by atoms with E-state index in [9.17, 15) is 13.6 Å². The molecule has 0 radical (unpaired) electrons. The number of carbonyl (C=O) groups excluding carboxylic acids is 1. The van der Waals surface area contributed by atoms with Crippen LogP contribution < -0.4 is 4.74 Å². The maximum absolute atomic E-state index is 12.8. The zero-order chi connectivity index (χ0) is 16.2. The first-order valence-corrected chi connectivity index (χ1v) is 7.53. The normalized spacial score (nSPS) is 13.9. The van der Waals surface area contributed by atoms with Crippen LogP contribution in [0.4, 0.5) is 8.78 Å². The molecule has 1 saturated carbocycles. The van der Waals surface area contributed by atoms with Gasteiger partial charge in [-0.2, -0.15) is 8.78 Å². The summed E-state index contributed by atoms with van der Waals surface area (Å²) in [5, 5.41) is 0. The van der Waals surface area contributed by atoms with Crippen LogP contribution in [0.5, 0.6) is 5.75 Å². The van der Waals surface area contributed by atoms with Crippen LogP contribution in [0.15, 0.2) is 54.6 Å². The fraction of sp³-hybridized carbons (Fsp3) is 0.278. The van der Waals surface area contributed by atoms with Gasteiger partial charge in [-0.25, -0.2) is 0 Å². The summed E-state index contributed by atoms with van der Waals surface area (Å²) < 4.78 is 29.0. The smallest absolute Gasteiger partial charge is 0.387 e. The van der Waals surface area contributed by atoms with Crippen molar-refractivity contribution in [2.45, 2.75) is 32.0 Å². The summed E-state index contributed by atoms with van der Waals surface area (Å²) in [4.78, 5) is 14.6. The molecule has 0 atom stereocenters. The molecule has 0 N–H and O–H groups in total. The lowest BCUT2D eigenvalue weighted by Crippen LogP contribution is -2.32. The van der Waals surface area contributed by atoms with Gasteiger partial charge < -0.3 is 9.64 Å². The van der Waals surface area contributed by atoms with Crippen molar-refractivity contribution in [1.29, 1.82) is 0 Å². The second-order valence-electron chi connectivity index (χ2n) is 5.56. The van der Waals surface area contributed by atoms with E-state index < -0.39 is 6.61 Å². The lowest BCUT2D eigenvalue weighted by molar-refractivity contribution is -0.0499. The van der Waals surface area contributed by atoms with E-state index in [0.29, 0.717) is 12.1 Å². The third kappa shape index (κ3) is 4.06. The van der Waals surface area contributed by atoms with Crippen LogP contribution >= 0.6 is 0 Å². The van der Waals surface area contributed by atoms with Crippen molar-refractivity contribution in [1.82, 2.24) is 4.90 Å². The fourth-order valence-corrected chi connectivity index (χ4v) is 2.50. The quantitative estimate of drug-likeness (QED) is 0.803. The first-order valence-electron chi connectivity index (χ1n) is 7.53. The Kier molecular flexibility index (Phi) is 4.55. The van der Waals surface area contributed by atoms with Crippen LogP contribution in [0.3, 0.4) is 0 Å². The molecule has 2 aromatic rings. The van der Waals surface area contributed by atoms with Crippen molar-refractivity contribution >= 4 is 5.91 Å². The van der Waals surface area contributed by atoms with E-state index in [-0.39, 0.29) is 17.7 Å². The molecule has 0 saturated heterocycles. The van der Waals surface area contributed by atoms with Gasteiger partial charge in [0.2, 0.25) is 0 Å². The molecule has 0 bridgehead atoms. The Bertz CT molecular complexity index is 672. The molecule has 0 aliphatic heterocycles. The number of halogens is 2. The Labute approximate surface area is 133 Å². The van der Waals surface area contributed by atoms with Crippen molar-refractivity contribution in [2.75, 3.05) is 0 Å². The largest absolute Gasteiger partial charge is 0.435 e. The maximum Gasteiger partial charge on any atom is 0.387 e. The Morgan fingerprint density at radius 3 is 2.52 bits per heavy atom. The number of hydrogen-bond acceptors (Lipinski definition) is 2. The highest BCUT2D eigenvalue weighted by atomic mass is 19.3. The third-order valence-electron chi connectivity index (χ3n) is 3.75. The molecule has 3 nitrogen and oxygen atoms in total. The van der Waals surface area contributed by atoms with Crippen LogP contribution in [0.1, 0.15) is 28.8 Å². The summed E-state index contributed by atoms with van der Waals surface area (Å²) in [6.07, 6.45) is 1.96.